The van der Waals surface area contributed by atoms with E-state index in [-0.39, 0.29) is 12.1 Å². The minimum Gasteiger partial charge on any atom is -0.462 e. The van der Waals surface area contributed by atoms with E-state index in [0.29, 0.717) is 0 Å². The molecular weight excluding hydrogens is 254 g/mol. The molecule has 3 nitrogen and oxygen atoms in total. The van der Waals surface area contributed by atoms with Gasteiger partial charge in [-0.1, -0.05) is 23.9 Å². The molecule has 0 aliphatic rings. The Labute approximate surface area is 108 Å². The predicted molar refractivity (Wildman–Crippen MR) is 71.6 cm³/mol. The lowest BCUT2D eigenvalue weighted by molar-refractivity contribution is -0.144. The molecule has 5 heteroatoms. The van der Waals surface area contributed by atoms with Crippen molar-refractivity contribution in [3.05, 3.63) is 24.3 Å². The van der Waals surface area contributed by atoms with Crippen LogP contribution in [-0.4, -0.2) is 22.8 Å². The molecule has 0 spiro atoms. The van der Waals surface area contributed by atoms with Crippen LogP contribution in [0.25, 0.3) is 10.2 Å². The molecule has 0 N–H and O–H groups in total. The molecule has 1 aromatic carbocycles. The van der Waals surface area contributed by atoms with Crippen molar-refractivity contribution in [3.8, 4) is 0 Å². The number of para-hydroxylation sites is 1. The number of carbonyl (C=O) groups is 1. The molecular formula is C12H13NO2S2. The Balaban J connectivity index is 1.97. The van der Waals surface area contributed by atoms with Crippen molar-refractivity contribution in [2.75, 3.05) is 5.75 Å². The number of hydrogen-bond acceptors (Lipinski definition) is 5. The molecule has 0 saturated heterocycles. The summed E-state index contributed by atoms with van der Waals surface area (Å²) in [5.41, 5.74) is 1.03. The lowest BCUT2D eigenvalue weighted by Crippen LogP contribution is -2.14. The van der Waals surface area contributed by atoms with E-state index >= 15 is 0 Å². The SMILES string of the molecule is CC(=O)O[C@H](C)CSc1nc2ccccc2s1. The molecule has 90 valence electrons. The fourth-order valence-corrected chi connectivity index (χ4v) is 3.43. The second kappa shape index (κ2) is 5.51. The number of ether oxygens (including phenoxy) is 1. The summed E-state index contributed by atoms with van der Waals surface area (Å²) in [6, 6.07) is 8.06. The molecule has 2 aromatic rings. The van der Waals surface area contributed by atoms with Crippen LogP contribution in [-0.2, 0) is 9.53 Å². The lowest BCUT2D eigenvalue weighted by Gasteiger charge is -2.09. The monoisotopic (exact) mass is 267 g/mol. The molecule has 1 heterocycles. The molecule has 0 radical (unpaired) electrons. The molecule has 17 heavy (non-hydrogen) atoms. The van der Waals surface area contributed by atoms with Crippen molar-refractivity contribution in [1.29, 1.82) is 0 Å². The first-order valence-corrected chi connectivity index (χ1v) is 7.11. The van der Waals surface area contributed by atoms with Crippen molar-refractivity contribution >= 4 is 39.3 Å². The van der Waals surface area contributed by atoms with Gasteiger partial charge in [-0.2, -0.15) is 0 Å². The van der Waals surface area contributed by atoms with Gasteiger partial charge < -0.3 is 4.74 Å². The molecule has 0 fully saturated rings. The Morgan fingerprint density at radius 3 is 3.00 bits per heavy atom. The highest BCUT2D eigenvalue weighted by molar-refractivity contribution is 8.01. The topological polar surface area (TPSA) is 39.2 Å². The van der Waals surface area contributed by atoms with Crippen LogP contribution in [0, 0.1) is 0 Å². The number of rotatable bonds is 4. The summed E-state index contributed by atoms with van der Waals surface area (Å²) in [4.78, 5) is 15.3. The molecule has 0 unspecified atom stereocenters. The van der Waals surface area contributed by atoms with Crippen LogP contribution in [0.5, 0.6) is 0 Å². The summed E-state index contributed by atoms with van der Waals surface area (Å²) < 4.78 is 7.27. The third-order valence-electron chi connectivity index (χ3n) is 2.08. The Morgan fingerprint density at radius 2 is 2.29 bits per heavy atom. The van der Waals surface area contributed by atoms with Crippen LogP contribution in [0.4, 0.5) is 0 Å². The van der Waals surface area contributed by atoms with Gasteiger partial charge in [0.15, 0.2) is 4.34 Å². The highest BCUT2D eigenvalue weighted by Crippen LogP contribution is 2.29. The summed E-state index contributed by atoms with van der Waals surface area (Å²) >= 11 is 3.30. The quantitative estimate of drug-likeness (QED) is 0.629. The summed E-state index contributed by atoms with van der Waals surface area (Å²) in [6.07, 6.45) is -0.0792. The summed E-state index contributed by atoms with van der Waals surface area (Å²) in [5, 5.41) is 0. The highest BCUT2D eigenvalue weighted by atomic mass is 32.2. The Morgan fingerprint density at radius 1 is 1.53 bits per heavy atom. The van der Waals surface area contributed by atoms with Gasteiger partial charge in [-0.25, -0.2) is 4.98 Å². The number of benzene rings is 1. The van der Waals surface area contributed by atoms with Gasteiger partial charge in [0, 0.05) is 12.7 Å². The second-order valence-electron chi connectivity index (χ2n) is 3.68. The zero-order valence-corrected chi connectivity index (χ0v) is 11.3. The molecule has 0 amide bonds. The minimum atomic E-state index is -0.234. The first-order chi connectivity index (χ1) is 8.15. The number of esters is 1. The third-order valence-corrected chi connectivity index (χ3v) is 4.49. The Bertz CT molecular complexity index is 491. The predicted octanol–water partition coefficient (Wildman–Crippen LogP) is 3.34. The number of nitrogens with zero attached hydrogens (tertiary/aromatic N) is 1. The maximum absolute atomic E-state index is 10.8. The van der Waals surface area contributed by atoms with E-state index in [0.717, 1.165) is 15.6 Å². The smallest absolute Gasteiger partial charge is 0.302 e. The zero-order chi connectivity index (χ0) is 12.3. The van der Waals surface area contributed by atoms with E-state index in [1.165, 1.54) is 11.6 Å². The van der Waals surface area contributed by atoms with Crippen LogP contribution in [0.2, 0.25) is 0 Å². The van der Waals surface area contributed by atoms with Gasteiger partial charge in [-0.15, -0.1) is 11.3 Å². The van der Waals surface area contributed by atoms with Crippen LogP contribution < -0.4 is 0 Å². The van der Waals surface area contributed by atoms with Crippen LogP contribution in [0.1, 0.15) is 13.8 Å². The number of fused-ring (bicyclic) bond motifs is 1. The average molecular weight is 267 g/mol. The fourth-order valence-electron chi connectivity index (χ4n) is 1.42. The first-order valence-electron chi connectivity index (χ1n) is 5.31. The number of aromatic nitrogens is 1. The maximum atomic E-state index is 10.8. The lowest BCUT2D eigenvalue weighted by atomic mass is 10.3. The normalized spacial score (nSPS) is 12.6. The van der Waals surface area contributed by atoms with E-state index in [1.54, 1.807) is 23.1 Å². The van der Waals surface area contributed by atoms with Gasteiger partial charge in [-0.05, 0) is 19.1 Å². The maximum Gasteiger partial charge on any atom is 0.302 e. The Hall–Kier alpha value is -1.07. The summed E-state index contributed by atoms with van der Waals surface area (Å²) in [6.45, 7) is 3.32. The van der Waals surface area contributed by atoms with E-state index in [4.69, 9.17) is 4.74 Å². The molecule has 0 aliphatic carbocycles. The number of thiazole rings is 1. The van der Waals surface area contributed by atoms with Gasteiger partial charge in [-0.3, -0.25) is 4.79 Å². The second-order valence-corrected chi connectivity index (χ2v) is 5.98. The first kappa shape index (κ1) is 12.4. The van der Waals surface area contributed by atoms with Crippen LogP contribution >= 0.6 is 23.1 Å². The van der Waals surface area contributed by atoms with Crippen molar-refractivity contribution in [3.63, 3.8) is 0 Å². The zero-order valence-electron chi connectivity index (χ0n) is 9.67. The third kappa shape index (κ3) is 3.44. The summed E-state index contributed by atoms with van der Waals surface area (Å²) in [7, 11) is 0. The Kier molecular flexibility index (Phi) is 4.02. The van der Waals surface area contributed by atoms with Crippen molar-refractivity contribution in [2.45, 2.75) is 24.3 Å². The minimum absolute atomic E-state index is 0.0792. The number of thioether (sulfide) groups is 1. The van der Waals surface area contributed by atoms with Crippen molar-refractivity contribution in [2.24, 2.45) is 0 Å². The summed E-state index contributed by atoms with van der Waals surface area (Å²) in [5.74, 6) is 0.502. The fraction of sp³-hybridized carbons (Fsp3) is 0.333. The van der Waals surface area contributed by atoms with Crippen LogP contribution in [0.15, 0.2) is 28.6 Å². The van der Waals surface area contributed by atoms with Crippen molar-refractivity contribution < 1.29 is 9.53 Å². The molecule has 0 saturated carbocycles. The van der Waals surface area contributed by atoms with Gasteiger partial charge >= 0.3 is 5.97 Å². The largest absolute Gasteiger partial charge is 0.462 e. The molecule has 0 aliphatic heterocycles. The molecule has 1 atom stereocenters. The molecule has 0 bridgehead atoms. The average Bonchev–Trinajstić information content (AvgIpc) is 2.68. The van der Waals surface area contributed by atoms with Gasteiger partial charge in [0.2, 0.25) is 0 Å². The van der Waals surface area contributed by atoms with Gasteiger partial charge in [0.05, 0.1) is 10.2 Å². The van der Waals surface area contributed by atoms with Gasteiger partial charge in [0.25, 0.3) is 0 Å². The highest BCUT2D eigenvalue weighted by Gasteiger charge is 2.09. The molecule has 2 rings (SSSR count). The van der Waals surface area contributed by atoms with E-state index in [9.17, 15) is 4.79 Å². The van der Waals surface area contributed by atoms with Crippen LogP contribution in [0.3, 0.4) is 0 Å². The van der Waals surface area contributed by atoms with Gasteiger partial charge in [0.1, 0.15) is 6.10 Å². The van der Waals surface area contributed by atoms with E-state index in [1.807, 2.05) is 25.1 Å². The molecule has 1 aromatic heterocycles. The number of carbonyl (C=O) groups excluding carboxylic acids is 1. The standard InChI is InChI=1S/C12H13NO2S2/c1-8(15-9(2)14)7-16-12-13-10-5-3-4-6-11(10)17-12/h3-6,8H,7H2,1-2H3/t8-/m1/s1. The van der Waals surface area contributed by atoms with E-state index < -0.39 is 0 Å². The van der Waals surface area contributed by atoms with Crippen molar-refractivity contribution in [1.82, 2.24) is 4.98 Å². The number of hydrogen-bond donors (Lipinski definition) is 0. The van der Waals surface area contributed by atoms with E-state index in [2.05, 4.69) is 11.1 Å².